The van der Waals surface area contributed by atoms with Gasteiger partial charge >= 0.3 is 5.69 Å². The summed E-state index contributed by atoms with van der Waals surface area (Å²) < 4.78 is 0. The van der Waals surface area contributed by atoms with Gasteiger partial charge in [0.1, 0.15) is 6.33 Å². The molecule has 2 heterocycles. The molecule has 7 nitrogen and oxygen atoms in total. The molecule has 27 heavy (non-hydrogen) atoms. The molecule has 8 heteroatoms. The van der Waals surface area contributed by atoms with E-state index < -0.39 is 4.92 Å². The second kappa shape index (κ2) is 6.85. The Morgan fingerprint density at radius 1 is 1.22 bits per heavy atom. The third-order valence-corrected chi connectivity index (χ3v) is 4.82. The van der Waals surface area contributed by atoms with E-state index in [9.17, 15) is 10.1 Å². The molecule has 1 aliphatic heterocycles. The van der Waals surface area contributed by atoms with E-state index >= 15 is 0 Å². The number of nitrogens with zero attached hydrogens (tertiary/aromatic N) is 4. The summed E-state index contributed by atoms with van der Waals surface area (Å²) in [7, 11) is 0. The minimum absolute atomic E-state index is 0.139. The first-order chi connectivity index (χ1) is 13.0. The topological polar surface area (TPSA) is 84.2 Å². The number of anilines is 4. The maximum atomic E-state index is 11.9. The van der Waals surface area contributed by atoms with Crippen molar-refractivity contribution in [2.75, 3.05) is 16.8 Å². The zero-order chi connectivity index (χ0) is 19.0. The van der Waals surface area contributed by atoms with Crippen molar-refractivity contribution in [3.63, 3.8) is 0 Å². The molecule has 136 valence electrons. The summed E-state index contributed by atoms with van der Waals surface area (Å²) in [5, 5.41) is 15.5. The van der Waals surface area contributed by atoms with E-state index in [2.05, 4.69) is 15.3 Å². The molecule has 1 aromatic heterocycles. The van der Waals surface area contributed by atoms with Gasteiger partial charge in [0.2, 0.25) is 11.6 Å². The Hall–Kier alpha value is -3.19. The number of para-hydroxylation sites is 1. The predicted molar refractivity (Wildman–Crippen MR) is 105 cm³/mol. The van der Waals surface area contributed by atoms with Crippen molar-refractivity contribution < 1.29 is 4.92 Å². The fourth-order valence-corrected chi connectivity index (χ4v) is 3.41. The van der Waals surface area contributed by atoms with Gasteiger partial charge in [0, 0.05) is 22.9 Å². The Kier molecular flexibility index (Phi) is 4.37. The van der Waals surface area contributed by atoms with Gasteiger partial charge in [-0.15, -0.1) is 0 Å². The van der Waals surface area contributed by atoms with Crippen LogP contribution in [0.2, 0.25) is 5.02 Å². The van der Waals surface area contributed by atoms with Crippen LogP contribution < -0.4 is 10.2 Å². The summed E-state index contributed by atoms with van der Waals surface area (Å²) in [6.07, 6.45) is 2.15. The normalized spacial score (nSPS) is 12.7. The van der Waals surface area contributed by atoms with Crippen molar-refractivity contribution in [3.05, 3.63) is 75.1 Å². The van der Waals surface area contributed by atoms with Crippen molar-refractivity contribution in [1.82, 2.24) is 9.97 Å². The smallest absolute Gasteiger partial charge is 0.334 e. The van der Waals surface area contributed by atoms with Crippen LogP contribution in [0.4, 0.5) is 28.7 Å². The highest BCUT2D eigenvalue weighted by Crippen LogP contribution is 2.41. The lowest BCUT2D eigenvalue weighted by molar-refractivity contribution is -0.383. The number of benzene rings is 2. The number of hydrogen-bond acceptors (Lipinski definition) is 6. The Balaban J connectivity index is 1.80. The molecule has 0 fully saturated rings. The lowest BCUT2D eigenvalue weighted by Gasteiger charge is -2.19. The molecular formula is C19H16ClN5O2. The number of aromatic nitrogens is 2. The van der Waals surface area contributed by atoms with E-state index in [4.69, 9.17) is 11.6 Å². The van der Waals surface area contributed by atoms with E-state index in [1.807, 2.05) is 42.2 Å². The summed E-state index contributed by atoms with van der Waals surface area (Å²) >= 11 is 6.06. The number of rotatable bonds is 4. The first kappa shape index (κ1) is 17.2. The highest BCUT2D eigenvalue weighted by Gasteiger charge is 2.31. The van der Waals surface area contributed by atoms with E-state index in [-0.39, 0.29) is 17.3 Å². The van der Waals surface area contributed by atoms with Crippen LogP contribution in [0.1, 0.15) is 11.1 Å². The van der Waals surface area contributed by atoms with Gasteiger partial charge in [0.15, 0.2) is 0 Å². The van der Waals surface area contributed by atoms with Crippen LogP contribution in [-0.2, 0) is 6.42 Å². The minimum Gasteiger partial charge on any atom is -0.334 e. The van der Waals surface area contributed by atoms with Gasteiger partial charge in [0.25, 0.3) is 0 Å². The maximum Gasteiger partial charge on any atom is 0.354 e. The molecule has 2 aromatic carbocycles. The van der Waals surface area contributed by atoms with Crippen LogP contribution in [0.3, 0.4) is 0 Å². The summed E-state index contributed by atoms with van der Waals surface area (Å²) in [4.78, 5) is 21.7. The Bertz CT molecular complexity index is 1040. The lowest BCUT2D eigenvalue weighted by atomic mass is 10.2. The molecule has 0 aliphatic carbocycles. The highest BCUT2D eigenvalue weighted by atomic mass is 35.5. The van der Waals surface area contributed by atoms with Crippen LogP contribution in [0.25, 0.3) is 0 Å². The van der Waals surface area contributed by atoms with Crippen LogP contribution >= 0.6 is 11.6 Å². The predicted octanol–water partition coefficient (Wildman–Crippen LogP) is 4.78. The Morgan fingerprint density at radius 2 is 2.04 bits per heavy atom. The quantitative estimate of drug-likeness (QED) is 0.517. The van der Waals surface area contributed by atoms with Gasteiger partial charge < -0.3 is 10.2 Å². The first-order valence-corrected chi connectivity index (χ1v) is 8.80. The molecule has 3 aromatic rings. The fourth-order valence-electron chi connectivity index (χ4n) is 3.24. The number of hydrogen-bond donors (Lipinski definition) is 1. The van der Waals surface area contributed by atoms with Crippen LogP contribution in [0.15, 0.2) is 48.8 Å². The second-order valence-corrected chi connectivity index (χ2v) is 6.70. The van der Waals surface area contributed by atoms with Gasteiger partial charge in [-0.1, -0.05) is 35.9 Å². The summed E-state index contributed by atoms with van der Waals surface area (Å²) in [6, 6.07) is 13.2. The molecular weight excluding hydrogens is 366 g/mol. The maximum absolute atomic E-state index is 11.9. The number of nitro groups is 1. The van der Waals surface area contributed by atoms with Crippen LogP contribution in [0.5, 0.6) is 0 Å². The Morgan fingerprint density at radius 3 is 2.85 bits per heavy atom. The molecule has 0 saturated heterocycles. The van der Waals surface area contributed by atoms with Gasteiger partial charge in [-0.3, -0.25) is 10.1 Å². The zero-order valence-corrected chi connectivity index (χ0v) is 15.3. The van der Waals surface area contributed by atoms with Gasteiger partial charge in [-0.2, -0.15) is 0 Å². The second-order valence-electron chi connectivity index (χ2n) is 6.27. The first-order valence-electron chi connectivity index (χ1n) is 8.42. The molecule has 0 spiro atoms. The zero-order valence-electron chi connectivity index (χ0n) is 14.5. The largest absolute Gasteiger partial charge is 0.354 e. The van der Waals surface area contributed by atoms with Crippen molar-refractivity contribution in [2.45, 2.75) is 13.3 Å². The molecule has 0 bridgehead atoms. The number of nitrogens with one attached hydrogen (secondary N) is 1. The number of aryl methyl sites for hydroxylation is 1. The minimum atomic E-state index is -0.446. The number of fused-ring (bicyclic) bond motifs is 1. The summed E-state index contributed by atoms with van der Waals surface area (Å²) in [5.41, 5.74) is 3.49. The molecule has 1 N–H and O–H groups in total. The van der Waals surface area contributed by atoms with Crippen molar-refractivity contribution in [1.29, 1.82) is 0 Å². The van der Waals surface area contributed by atoms with E-state index in [0.717, 1.165) is 23.2 Å². The van der Waals surface area contributed by atoms with Crippen LogP contribution in [-0.4, -0.2) is 21.4 Å². The molecule has 1 aliphatic rings. The van der Waals surface area contributed by atoms with E-state index in [1.54, 1.807) is 12.1 Å². The molecule has 0 radical (unpaired) electrons. The molecule has 0 atom stereocenters. The monoisotopic (exact) mass is 381 g/mol. The average molecular weight is 382 g/mol. The molecule has 0 amide bonds. The van der Waals surface area contributed by atoms with Crippen LogP contribution in [0, 0.1) is 17.0 Å². The molecule has 0 saturated carbocycles. The van der Waals surface area contributed by atoms with Crippen molar-refractivity contribution in [2.24, 2.45) is 0 Å². The van der Waals surface area contributed by atoms with E-state index in [0.29, 0.717) is 17.3 Å². The SMILES string of the molecule is Cc1ccc(Cl)cc1Nc1ncnc(N2CCc3ccccc32)c1[N+](=O)[O-]. The van der Waals surface area contributed by atoms with E-state index in [1.165, 1.54) is 6.33 Å². The summed E-state index contributed by atoms with van der Waals surface area (Å²) in [6.45, 7) is 2.52. The fraction of sp³-hybridized carbons (Fsp3) is 0.158. The van der Waals surface area contributed by atoms with Gasteiger partial charge in [-0.05, 0) is 42.7 Å². The highest BCUT2D eigenvalue weighted by molar-refractivity contribution is 6.30. The Labute approximate surface area is 160 Å². The van der Waals surface area contributed by atoms with Gasteiger partial charge in [-0.25, -0.2) is 9.97 Å². The average Bonchev–Trinajstić information content (AvgIpc) is 3.08. The lowest BCUT2D eigenvalue weighted by Crippen LogP contribution is -2.17. The molecule has 0 unspecified atom stereocenters. The van der Waals surface area contributed by atoms with Crippen molar-refractivity contribution in [3.8, 4) is 0 Å². The third-order valence-electron chi connectivity index (χ3n) is 4.58. The van der Waals surface area contributed by atoms with Crippen molar-refractivity contribution >= 4 is 40.3 Å². The molecule has 4 rings (SSSR count). The van der Waals surface area contributed by atoms with Gasteiger partial charge in [0.05, 0.1) is 4.92 Å². The standard InChI is InChI=1S/C19H16ClN5O2/c1-12-6-7-14(20)10-15(12)23-18-17(25(26)27)19(22-11-21-18)24-9-8-13-4-2-3-5-16(13)24/h2-7,10-11H,8-9H2,1H3,(H,21,22,23). The third kappa shape index (κ3) is 3.17. The summed E-state index contributed by atoms with van der Waals surface area (Å²) in [5.74, 6) is 0.418. The number of halogens is 1.